The summed E-state index contributed by atoms with van der Waals surface area (Å²) in [5.41, 5.74) is 3.27. The molecule has 0 unspecified atom stereocenters. The van der Waals surface area contributed by atoms with Gasteiger partial charge in [0, 0.05) is 53.2 Å². The van der Waals surface area contributed by atoms with Gasteiger partial charge in [-0.3, -0.25) is 9.67 Å². The number of fused-ring (bicyclic) bond motifs is 2. The molecular weight excluding hydrogens is 388 g/mol. The molecule has 0 N–H and O–H groups in total. The fourth-order valence-corrected chi connectivity index (χ4v) is 3.18. The van der Waals surface area contributed by atoms with Crippen molar-refractivity contribution in [1.82, 2.24) is 39.3 Å². The Morgan fingerprint density at radius 2 is 1.76 bits per heavy atom. The van der Waals surface area contributed by atoms with E-state index >= 15 is 0 Å². The second kappa shape index (κ2) is 7.56. The van der Waals surface area contributed by atoms with E-state index in [0.29, 0.717) is 16.8 Å². The molecule has 5 rings (SSSR count). The lowest BCUT2D eigenvalue weighted by Crippen LogP contribution is -1.93. The number of aromatic nitrogens is 8. The van der Waals surface area contributed by atoms with Gasteiger partial charge in [0.25, 0.3) is 0 Å². The molecule has 5 aromatic heterocycles. The Morgan fingerprint density at radius 1 is 0.931 bits per heavy atom. The third-order valence-electron chi connectivity index (χ3n) is 4.37. The van der Waals surface area contributed by atoms with Crippen molar-refractivity contribution in [3.8, 4) is 22.8 Å². The Morgan fingerprint density at radius 3 is 2.52 bits per heavy atom. The normalized spacial score (nSPS) is 10.9. The molecule has 0 bridgehead atoms. The zero-order chi connectivity index (χ0) is 20.5. The predicted molar refractivity (Wildman–Crippen MR) is 113 cm³/mol. The Kier molecular flexibility index (Phi) is 4.94. The molecule has 0 aliphatic carbocycles. The van der Waals surface area contributed by atoms with Gasteiger partial charge in [0.1, 0.15) is 11.5 Å². The summed E-state index contributed by atoms with van der Waals surface area (Å²) in [6, 6.07) is 5.63. The van der Waals surface area contributed by atoms with Crippen LogP contribution in [-0.4, -0.2) is 39.3 Å². The summed E-state index contributed by atoms with van der Waals surface area (Å²) in [4.78, 5) is 17.5. The number of rotatable bonds is 2. The zero-order valence-electron chi connectivity index (χ0n) is 16.5. The van der Waals surface area contributed by atoms with Crippen molar-refractivity contribution in [3.63, 3.8) is 0 Å². The Hall–Kier alpha value is -3.39. The molecule has 0 saturated carbocycles. The topological polar surface area (TPSA) is 86.7 Å². The summed E-state index contributed by atoms with van der Waals surface area (Å²) in [6.45, 7) is 5.94. The maximum Gasteiger partial charge on any atom is 0.184 e. The molecule has 5 aromatic rings. The molecular formula is C20H19ClN8. The van der Waals surface area contributed by atoms with Crippen molar-refractivity contribution < 1.29 is 0 Å². The standard InChI is InChI=1S/C18H13ClN8.C2H6/c1-10-13-6-21-15(19)5-12(13)14(7-20-10)18-23-16-4-3-11(8-27(16)25-18)17-22-9-26(2)24-17;1-2/h3-9H,1-2H3;1-2H3. The Bertz CT molecular complexity index is 1320. The second-order valence-electron chi connectivity index (χ2n) is 6.21. The van der Waals surface area contributed by atoms with Gasteiger partial charge >= 0.3 is 0 Å². The fourth-order valence-electron chi connectivity index (χ4n) is 3.02. The first-order valence-electron chi connectivity index (χ1n) is 9.22. The molecule has 0 aromatic carbocycles. The zero-order valence-corrected chi connectivity index (χ0v) is 17.3. The number of hydrogen-bond acceptors (Lipinski definition) is 6. The van der Waals surface area contributed by atoms with Gasteiger partial charge in [-0.25, -0.2) is 19.5 Å². The number of pyridine rings is 3. The van der Waals surface area contributed by atoms with E-state index in [2.05, 4.69) is 30.1 Å². The number of hydrogen-bond donors (Lipinski definition) is 0. The average molecular weight is 407 g/mol. The highest BCUT2D eigenvalue weighted by Crippen LogP contribution is 2.29. The minimum Gasteiger partial charge on any atom is -0.260 e. The van der Waals surface area contributed by atoms with Crippen LogP contribution in [0.3, 0.4) is 0 Å². The molecule has 5 heterocycles. The molecule has 0 fully saturated rings. The summed E-state index contributed by atoms with van der Waals surface area (Å²) in [7, 11) is 1.83. The Labute approximate surface area is 172 Å². The first-order valence-corrected chi connectivity index (χ1v) is 9.60. The van der Waals surface area contributed by atoms with E-state index < -0.39 is 0 Å². The van der Waals surface area contributed by atoms with E-state index in [9.17, 15) is 0 Å². The van der Waals surface area contributed by atoms with Gasteiger partial charge in [-0.2, -0.15) is 5.10 Å². The molecule has 0 amide bonds. The van der Waals surface area contributed by atoms with Crippen LogP contribution in [0.4, 0.5) is 0 Å². The maximum absolute atomic E-state index is 6.11. The molecule has 9 heteroatoms. The SMILES string of the molecule is CC.Cc1ncc(-c2nc3ccc(-c4ncn(C)n4)cn3n2)c2cc(Cl)ncc12. The van der Waals surface area contributed by atoms with Crippen molar-refractivity contribution in [2.75, 3.05) is 0 Å². The minimum absolute atomic E-state index is 0.418. The quantitative estimate of drug-likeness (QED) is 0.410. The number of nitrogens with zero attached hydrogens (tertiary/aromatic N) is 8. The third-order valence-corrected chi connectivity index (χ3v) is 4.57. The van der Waals surface area contributed by atoms with Crippen LogP contribution in [-0.2, 0) is 7.05 Å². The molecule has 0 saturated heterocycles. The van der Waals surface area contributed by atoms with Gasteiger partial charge in [0.15, 0.2) is 17.3 Å². The molecule has 0 aliphatic rings. The van der Waals surface area contributed by atoms with Crippen LogP contribution >= 0.6 is 11.6 Å². The summed E-state index contributed by atoms with van der Waals surface area (Å²) in [5, 5.41) is 11.2. The first kappa shape index (κ1) is 18.9. The molecule has 0 aliphatic heterocycles. The van der Waals surface area contributed by atoms with Crippen LogP contribution in [0.1, 0.15) is 19.5 Å². The van der Waals surface area contributed by atoms with Crippen LogP contribution < -0.4 is 0 Å². The fraction of sp³-hybridized carbons (Fsp3) is 0.200. The number of aryl methyl sites for hydroxylation is 2. The summed E-state index contributed by atoms with van der Waals surface area (Å²) in [5.74, 6) is 1.21. The van der Waals surface area contributed by atoms with E-state index in [0.717, 1.165) is 33.2 Å². The maximum atomic E-state index is 6.11. The number of halogens is 1. The highest BCUT2D eigenvalue weighted by molar-refractivity contribution is 6.30. The smallest absolute Gasteiger partial charge is 0.184 e. The van der Waals surface area contributed by atoms with E-state index in [1.54, 1.807) is 27.9 Å². The van der Waals surface area contributed by atoms with Gasteiger partial charge in [0.05, 0.1) is 0 Å². The van der Waals surface area contributed by atoms with E-state index in [1.807, 2.05) is 52.2 Å². The van der Waals surface area contributed by atoms with Crippen LogP contribution in [0, 0.1) is 6.92 Å². The predicted octanol–water partition coefficient (Wildman–Crippen LogP) is 4.12. The van der Waals surface area contributed by atoms with Crippen molar-refractivity contribution in [1.29, 1.82) is 0 Å². The molecule has 0 spiro atoms. The van der Waals surface area contributed by atoms with Crippen LogP contribution in [0.25, 0.3) is 39.2 Å². The average Bonchev–Trinajstić information content (AvgIpc) is 3.35. The summed E-state index contributed by atoms with van der Waals surface area (Å²) >= 11 is 6.11. The Balaban J connectivity index is 0.000000994. The third kappa shape index (κ3) is 3.42. The van der Waals surface area contributed by atoms with Crippen LogP contribution in [0.5, 0.6) is 0 Å². The molecule has 29 heavy (non-hydrogen) atoms. The second-order valence-corrected chi connectivity index (χ2v) is 6.59. The highest BCUT2D eigenvalue weighted by atomic mass is 35.5. The van der Waals surface area contributed by atoms with Crippen molar-refractivity contribution in [2.45, 2.75) is 20.8 Å². The van der Waals surface area contributed by atoms with Crippen molar-refractivity contribution >= 4 is 28.0 Å². The minimum atomic E-state index is 0.418. The lowest BCUT2D eigenvalue weighted by molar-refractivity contribution is 0.768. The van der Waals surface area contributed by atoms with Gasteiger partial charge in [0.2, 0.25) is 0 Å². The highest BCUT2D eigenvalue weighted by Gasteiger charge is 2.14. The lowest BCUT2D eigenvalue weighted by atomic mass is 10.1. The van der Waals surface area contributed by atoms with E-state index in [1.165, 1.54) is 0 Å². The van der Waals surface area contributed by atoms with Crippen LogP contribution in [0.15, 0.2) is 43.1 Å². The first-order chi connectivity index (χ1) is 14.1. The molecule has 8 nitrogen and oxygen atoms in total. The monoisotopic (exact) mass is 406 g/mol. The van der Waals surface area contributed by atoms with Gasteiger partial charge in [-0.05, 0) is 25.1 Å². The lowest BCUT2D eigenvalue weighted by Gasteiger charge is -2.05. The van der Waals surface area contributed by atoms with Crippen molar-refractivity contribution in [2.24, 2.45) is 7.05 Å². The van der Waals surface area contributed by atoms with Gasteiger partial charge < -0.3 is 0 Å². The van der Waals surface area contributed by atoms with Crippen molar-refractivity contribution in [3.05, 3.63) is 54.0 Å². The van der Waals surface area contributed by atoms with E-state index in [4.69, 9.17) is 11.6 Å². The largest absolute Gasteiger partial charge is 0.260 e. The van der Waals surface area contributed by atoms with Gasteiger partial charge in [-0.1, -0.05) is 25.4 Å². The van der Waals surface area contributed by atoms with Crippen LogP contribution in [0.2, 0.25) is 5.15 Å². The molecule has 146 valence electrons. The van der Waals surface area contributed by atoms with E-state index in [-0.39, 0.29) is 0 Å². The molecule has 0 atom stereocenters. The van der Waals surface area contributed by atoms with Gasteiger partial charge in [-0.15, -0.1) is 5.10 Å². The summed E-state index contributed by atoms with van der Waals surface area (Å²) < 4.78 is 3.38. The molecule has 0 radical (unpaired) electrons. The summed E-state index contributed by atoms with van der Waals surface area (Å²) in [6.07, 6.45) is 7.02.